The predicted molar refractivity (Wildman–Crippen MR) is 79.4 cm³/mol. The summed E-state index contributed by atoms with van der Waals surface area (Å²) in [6.45, 7) is 1.51. The Kier molecular flexibility index (Phi) is 2.99. The highest BCUT2D eigenvalue weighted by molar-refractivity contribution is 7.94. The number of rotatable bonds is 3. The first-order valence-corrected chi connectivity index (χ1v) is 8.10. The second-order valence-corrected chi connectivity index (χ2v) is 7.23. The van der Waals surface area contributed by atoms with Crippen molar-refractivity contribution in [3.05, 3.63) is 44.0 Å². The first kappa shape index (κ1) is 13.6. The number of aryl methyl sites for hydroxylation is 1. The molecule has 0 atom stereocenters. The first-order chi connectivity index (χ1) is 9.85. The van der Waals surface area contributed by atoms with Crippen LogP contribution in [0.3, 0.4) is 0 Å². The molecule has 2 aromatic heterocycles. The summed E-state index contributed by atoms with van der Waals surface area (Å²) in [5.41, 5.74) is 1.26. The van der Waals surface area contributed by atoms with Crippen molar-refractivity contribution in [1.82, 2.24) is 15.0 Å². The van der Waals surface area contributed by atoms with Crippen molar-refractivity contribution in [3.8, 4) is 0 Å². The Labute approximate surface area is 121 Å². The number of thiazole rings is 1. The average Bonchev–Trinajstić information content (AvgIpc) is 2.90. The monoisotopic (exact) mass is 326 g/mol. The maximum absolute atomic E-state index is 12.2. The lowest BCUT2D eigenvalue weighted by atomic mass is 10.3. The Morgan fingerprint density at radius 1 is 1.10 bits per heavy atom. The van der Waals surface area contributed by atoms with E-state index in [4.69, 9.17) is 0 Å². The number of sulfonamides is 1. The van der Waals surface area contributed by atoms with Gasteiger partial charge in [-0.3, -0.25) is 9.52 Å². The number of nitrogens with one attached hydrogen (secondary N) is 4. The van der Waals surface area contributed by atoms with Gasteiger partial charge < -0.3 is 15.0 Å². The van der Waals surface area contributed by atoms with Crippen molar-refractivity contribution in [2.75, 3.05) is 4.72 Å². The number of anilines is 1. The van der Waals surface area contributed by atoms with Gasteiger partial charge in [-0.2, -0.15) is 0 Å². The number of aromatic amines is 3. The fourth-order valence-electron chi connectivity index (χ4n) is 1.94. The van der Waals surface area contributed by atoms with Crippen LogP contribution in [0.4, 0.5) is 5.69 Å². The first-order valence-electron chi connectivity index (χ1n) is 5.80. The van der Waals surface area contributed by atoms with Gasteiger partial charge in [0.25, 0.3) is 10.0 Å². The SMILES string of the molecule is Cc1[nH]c(=O)sc1S(=O)(=O)Nc1ccc2[nH]c(=O)[nH]c2c1. The van der Waals surface area contributed by atoms with Gasteiger partial charge >= 0.3 is 10.6 Å². The van der Waals surface area contributed by atoms with Crippen molar-refractivity contribution >= 4 is 38.1 Å². The molecule has 0 saturated heterocycles. The van der Waals surface area contributed by atoms with E-state index in [1.54, 1.807) is 6.07 Å². The number of hydrogen-bond acceptors (Lipinski definition) is 5. The van der Waals surface area contributed by atoms with Gasteiger partial charge in [-0.1, -0.05) is 11.3 Å². The molecule has 0 spiro atoms. The predicted octanol–water partition coefficient (Wildman–Crippen LogP) is 0.715. The largest absolute Gasteiger partial charge is 0.323 e. The topological polar surface area (TPSA) is 128 Å². The lowest BCUT2D eigenvalue weighted by Crippen LogP contribution is -2.12. The molecule has 3 rings (SSSR count). The van der Waals surface area contributed by atoms with Crippen molar-refractivity contribution < 1.29 is 8.42 Å². The van der Waals surface area contributed by atoms with E-state index in [1.165, 1.54) is 19.1 Å². The van der Waals surface area contributed by atoms with Crippen LogP contribution in [-0.4, -0.2) is 23.4 Å². The number of aromatic nitrogens is 3. The van der Waals surface area contributed by atoms with E-state index in [0.29, 0.717) is 22.4 Å². The number of hydrogen-bond donors (Lipinski definition) is 4. The van der Waals surface area contributed by atoms with Crippen LogP contribution >= 0.6 is 11.3 Å². The summed E-state index contributed by atoms with van der Waals surface area (Å²) in [7, 11) is -3.85. The Bertz CT molecular complexity index is 1040. The molecule has 1 aromatic carbocycles. The molecular formula is C11H10N4O4S2. The number of imidazole rings is 1. The van der Waals surface area contributed by atoms with Gasteiger partial charge in [-0.15, -0.1) is 0 Å². The smallest absolute Gasteiger partial charge is 0.315 e. The van der Waals surface area contributed by atoms with E-state index >= 15 is 0 Å². The van der Waals surface area contributed by atoms with Gasteiger partial charge in [0.1, 0.15) is 0 Å². The highest BCUT2D eigenvalue weighted by Gasteiger charge is 2.20. The molecule has 0 bridgehead atoms. The lowest BCUT2D eigenvalue weighted by Gasteiger charge is -2.06. The van der Waals surface area contributed by atoms with E-state index < -0.39 is 14.9 Å². The fourth-order valence-corrected chi connectivity index (χ4v) is 4.30. The van der Waals surface area contributed by atoms with E-state index in [-0.39, 0.29) is 21.3 Å². The van der Waals surface area contributed by atoms with Crippen LogP contribution in [0.2, 0.25) is 0 Å². The summed E-state index contributed by atoms with van der Waals surface area (Å²) in [5, 5.41) is 0. The van der Waals surface area contributed by atoms with Gasteiger partial charge in [0, 0.05) is 5.69 Å². The van der Waals surface area contributed by atoms with Crippen LogP contribution in [0.25, 0.3) is 11.0 Å². The summed E-state index contributed by atoms with van der Waals surface area (Å²) in [6.07, 6.45) is 0. The van der Waals surface area contributed by atoms with Crippen LogP contribution in [0, 0.1) is 6.92 Å². The van der Waals surface area contributed by atoms with Gasteiger partial charge in [-0.25, -0.2) is 13.2 Å². The average molecular weight is 326 g/mol. The van der Waals surface area contributed by atoms with Crippen molar-refractivity contribution in [2.45, 2.75) is 11.1 Å². The molecule has 3 aromatic rings. The van der Waals surface area contributed by atoms with Gasteiger partial charge in [0.15, 0.2) is 4.21 Å². The van der Waals surface area contributed by atoms with Crippen LogP contribution in [-0.2, 0) is 10.0 Å². The third-order valence-electron chi connectivity index (χ3n) is 2.79. The third-order valence-corrected chi connectivity index (χ3v) is 5.78. The maximum atomic E-state index is 12.2. The lowest BCUT2D eigenvalue weighted by molar-refractivity contribution is 0.602. The van der Waals surface area contributed by atoms with Gasteiger partial charge in [0.2, 0.25) is 0 Å². The molecule has 0 aliphatic carbocycles. The number of H-pyrrole nitrogens is 3. The molecule has 4 N–H and O–H groups in total. The summed E-state index contributed by atoms with van der Waals surface area (Å²) in [5.74, 6) is 0. The van der Waals surface area contributed by atoms with Gasteiger partial charge in [-0.05, 0) is 25.1 Å². The van der Waals surface area contributed by atoms with Gasteiger partial charge in [0.05, 0.1) is 16.7 Å². The van der Waals surface area contributed by atoms with Crippen molar-refractivity contribution in [1.29, 1.82) is 0 Å². The second-order valence-electron chi connectivity index (χ2n) is 4.37. The number of fused-ring (bicyclic) bond motifs is 1. The molecule has 0 fully saturated rings. The minimum atomic E-state index is -3.85. The molecule has 0 radical (unpaired) electrons. The molecule has 0 amide bonds. The zero-order valence-corrected chi connectivity index (χ0v) is 12.3. The minimum Gasteiger partial charge on any atom is -0.315 e. The number of benzene rings is 1. The quantitative estimate of drug-likeness (QED) is 0.565. The Balaban J connectivity index is 2.02. The molecule has 110 valence electrons. The summed E-state index contributed by atoms with van der Waals surface area (Å²) >= 11 is 0.623. The van der Waals surface area contributed by atoms with Crippen LogP contribution in [0.15, 0.2) is 32.0 Å². The highest BCUT2D eigenvalue weighted by Crippen LogP contribution is 2.22. The van der Waals surface area contributed by atoms with Crippen molar-refractivity contribution in [2.24, 2.45) is 0 Å². The fraction of sp³-hybridized carbons (Fsp3) is 0.0909. The molecular weight excluding hydrogens is 316 g/mol. The molecule has 0 unspecified atom stereocenters. The molecule has 0 saturated carbocycles. The van der Waals surface area contributed by atoms with E-state index in [2.05, 4.69) is 19.7 Å². The molecule has 8 nitrogen and oxygen atoms in total. The second kappa shape index (κ2) is 4.60. The molecule has 0 aliphatic rings. The standard InChI is InChI=1S/C11H10N4O4S2/c1-5-9(20-11(17)12-5)21(18,19)15-6-2-3-7-8(4-6)14-10(16)13-7/h2-4,15H,1H3,(H,12,17)(H2,13,14,16). The Morgan fingerprint density at radius 3 is 2.48 bits per heavy atom. The minimum absolute atomic E-state index is 0.0600. The molecule has 2 heterocycles. The van der Waals surface area contributed by atoms with E-state index in [1.807, 2.05) is 0 Å². The normalized spacial score (nSPS) is 11.9. The van der Waals surface area contributed by atoms with E-state index in [9.17, 15) is 18.0 Å². The zero-order valence-electron chi connectivity index (χ0n) is 10.7. The molecule has 10 heteroatoms. The summed E-state index contributed by atoms with van der Waals surface area (Å²) < 4.78 is 26.8. The van der Waals surface area contributed by atoms with Crippen molar-refractivity contribution in [3.63, 3.8) is 0 Å². The third kappa shape index (κ3) is 2.50. The maximum Gasteiger partial charge on any atom is 0.323 e. The molecule has 0 aliphatic heterocycles. The zero-order chi connectivity index (χ0) is 15.2. The van der Waals surface area contributed by atoms with E-state index in [0.717, 1.165) is 0 Å². The Hall–Kier alpha value is -2.33. The highest BCUT2D eigenvalue weighted by atomic mass is 32.2. The molecule has 21 heavy (non-hydrogen) atoms. The Morgan fingerprint density at radius 2 is 1.81 bits per heavy atom. The summed E-state index contributed by atoms with van der Waals surface area (Å²) in [6, 6.07) is 4.60. The summed E-state index contributed by atoms with van der Waals surface area (Å²) in [4.78, 5) is 29.5. The van der Waals surface area contributed by atoms with Crippen LogP contribution in [0.5, 0.6) is 0 Å². The van der Waals surface area contributed by atoms with Crippen LogP contribution < -0.4 is 15.3 Å². The van der Waals surface area contributed by atoms with Crippen LogP contribution in [0.1, 0.15) is 5.69 Å².